The number of phenolic OH excluding ortho intramolecular Hbond substituents is 1. The molecule has 0 aliphatic heterocycles. The van der Waals surface area contributed by atoms with Crippen LogP contribution in [0.15, 0.2) is 24.3 Å². The molecule has 0 aromatic heterocycles. The van der Waals surface area contributed by atoms with Crippen LogP contribution >= 0.6 is 0 Å². The first-order valence-corrected chi connectivity index (χ1v) is 4.87. The van der Waals surface area contributed by atoms with Crippen LogP contribution in [0.5, 0.6) is 5.75 Å². The maximum atomic E-state index is 9.66. The molecule has 76 valence electrons. The van der Waals surface area contributed by atoms with Crippen LogP contribution in [-0.4, -0.2) is 16.3 Å². The van der Waals surface area contributed by atoms with Crippen LogP contribution in [0.4, 0.5) is 0 Å². The first-order chi connectivity index (χ1) is 6.62. The Hall–Kier alpha value is -1.06. The summed E-state index contributed by atoms with van der Waals surface area (Å²) in [5.74, 6) is 0.226. The fourth-order valence-corrected chi connectivity index (χ4v) is 2.19. The number of aromatic hydroxyl groups is 1. The number of hydrogen-bond donors (Lipinski definition) is 3. The Bertz CT molecular complexity index is 340. The summed E-state index contributed by atoms with van der Waals surface area (Å²) in [5.41, 5.74) is 6.35. The second-order valence-electron chi connectivity index (χ2n) is 4.07. The Morgan fingerprint density at radius 1 is 1.36 bits per heavy atom. The molecule has 2 atom stereocenters. The van der Waals surface area contributed by atoms with Crippen molar-refractivity contribution in [2.45, 2.75) is 30.9 Å². The molecular formula is C11H15NO2. The molecule has 0 radical (unpaired) electrons. The molecule has 2 unspecified atom stereocenters. The van der Waals surface area contributed by atoms with Crippen molar-refractivity contribution in [1.82, 2.24) is 0 Å². The predicted molar refractivity (Wildman–Crippen MR) is 53.8 cm³/mol. The number of benzene rings is 1. The van der Waals surface area contributed by atoms with Gasteiger partial charge in [0.2, 0.25) is 0 Å². The SMILES string of the molecule is NC1(c2ccccc2O)CCC(O)C1. The van der Waals surface area contributed by atoms with E-state index in [0.717, 1.165) is 12.0 Å². The lowest BCUT2D eigenvalue weighted by Gasteiger charge is -2.24. The molecule has 2 rings (SSSR count). The summed E-state index contributed by atoms with van der Waals surface area (Å²) in [6, 6.07) is 7.09. The third kappa shape index (κ3) is 1.49. The fourth-order valence-electron chi connectivity index (χ4n) is 2.19. The zero-order valence-corrected chi connectivity index (χ0v) is 7.98. The Labute approximate surface area is 83.2 Å². The molecule has 1 fully saturated rings. The molecule has 0 bridgehead atoms. The molecule has 0 heterocycles. The Morgan fingerprint density at radius 3 is 2.64 bits per heavy atom. The van der Waals surface area contributed by atoms with Crippen LogP contribution in [0, 0.1) is 0 Å². The van der Waals surface area contributed by atoms with Crippen molar-refractivity contribution < 1.29 is 10.2 Å². The van der Waals surface area contributed by atoms with E-state index >= 15 is 0 Å². The highest BCUT2D eigenvalue weighted by Crippen LogP contribution is 2.39. The van der Waals surface area contributed by atoms with Gasteiger partial charge in [-0.1, -0.05) is 18.2 Å². The highest BCUT2D eigenvalue weighted by atomic mass is 16.3. The van der Waals surface area contributed by atoms with Crippen molar-refractivity contribution in [1.29, 1.82) is 0 Å². The van der Waals surface area contributed by atoms with Gasteiger partial charge in [-0.05, 0) is 25.3 Å². The lowest BCUT2D eigenvalue weighted by Crippen LogP contribution is -2.34. The minimum absolute atomic E-state index is 0.226. The molecule has 0 amide bonds. The normalized spacial score (nSPS) is 32.0. The van der Waals surface area contributed by atoms with Gasteiger partial charge < -0.3 is 15.9 Å². The van der Waals surface area contributed by atoms with Gasteiger partial charge in [0.25, 0.3) is 0 Å². The van der Waals surface area contributed by atoms with Gasteiger partial charge >= 0.3 is 0 Å². The minimum atomic E-state index is -0.551. The number of phenols is 1. The quantitative estimate of drug-likeness (QED) is 0.625. The van der Waals surface area contributed by atoms with Crippen molar-refractivity contribution in [3.8, 4) is 5.75 Å². The molecule has 3 nitrogen and oxygen atoms in total. The van der Waals surface area contributed by atoms with Crippen LogP contribution in [0.25, 0.3) is 0 Å². The number of rotatable bonds is 1. The fraction of sp³-hybridized carbons (Fsp3) is 0.455. The monoisotopic (exact) mass is 193 g/mol. The van der Waals surface area contributed by atoms with E-state index in [-0.39, 0.29) is 11.9 Å². The average Bonchev–Trinajstić information content (AvgIpc) is 2.48. The lowest BCUT2D eigenvalue weighted by molar-refractivity contribution is 0.173. The third-order valence-corrected chi connectivity index (χ3v) is 2.96. The van der Waals surface area contributed by atoms with Crippen LogP contribution in [0.1, 0.15) is 24.8 Å². The lowest BCUT2D eigenvalue weighted by atomic mass is 9.88. The summed E-state index contributed by atoms with van der Waals surface area (Å²) < 4.78 is 0. The topological polar surface area (TPSA) is 66.5 Å². The Balaban J connectivity index is 2.35. The second kappa shape index (κ2) is 3.26. The predicted octanol–water partition coefficient (Wildman–Crippen LogP) is 1.09. The van der Waals surface area contributed by atoms with E-state index in [1.54, 1.807) is 12.1 Å². The van der Waals surface area contributed by atoms with E-state index in [1.165, 1.54) is 0 Å². The average molecular weight is 193 g/mol. The molecule has 4 N–H and O–H groups in total. The summed E-state index contributed by atoms with van der Waals surface area (Å²) in [4.78, 5) is 0. The number of aliphatic hydroxyl groups excluding tert-OH is 1. The van der Waals surface area contributed by atoms with Crippen LogP contribution in [0.3, 0.4) is 0 Å². The minimum Gasteiger partial charge on any atom is -0.508 e. The van der Waals surface area contributed by atoms with Crippen molar-refractivity contribution in [3.05, 3.63) is 29.8 Å². The van der Waals surface area contributed by atoms with Gasteiger partial charge in [-0.15, -0.1) is 0 Å². The molecule has 1 aromatic carbocycles. The molecule has 14 heavy (non-hydrogen) atoms. The van der Waals surface area contributed by atoms with Gasteiger partial charge in [-0.25, -0.2) is 0 Å². The van der Waals surface area contributed by atoms with Gasteiger partial charge in [0.05, 0.1) is 6.10 Å². The Morgan fingerprint density at radius 2 is 2.07 bits per heavy atom. The van der Waals surface area contributed by atoms with Gasteiger partial charge in [0.15, 0.2) is 0 Å². The third-order valence-electron chi connectivity index (χ3n) is 2.96. The first kappa shape index (κ1) is 9.49. The molecule has 0 saturated heterocycles. The highest BCUT2D eigenvalue weighted by Gasteiger charge is 2.37. The summed E-state index contributed by atoms with van der Waals surface area (Å²) in [6.07, 6.45) is 1.64. The molecule has 1 aliphatic rings. The van der Waals surface area contributed by atoms with E-state index in [2.05, 4.69) is 0 Å². The van der Waals surface area contributed by atoms with E-state index in [4.69, 9.17) is 5.73 Å². The molecule has 3 heteroatoms. The summed E-state index contributed by atoms with van der Waals surface area (Å²) in [5, 5.41) is 19.1. The van der Waals surface area contributed by atoms with Gasteiger partial charge in [-0.2, -0.15) is 0 Å². The maximum absolute atomic E-state index is 9.66. The largest absolute Gasteiger partial charge is 0.508 e. The van der Waals surface area contributed by atoms with E-state index < -0.39 is 5.54 Å². The summed E-state index contributed by atoms with van der Waals surface area (Å²) in [6.45, 7) is 0. The smallest absolute Gasteiger partial charge is 0.120 e. The van der Waals surface area contributed by atoms with Crippen LogP contribution in [-0.2, 0) is 5.54 Å². The zero-order valence-electron chi connectivity index (χ0n) is 7.98. The van der Waals surface area contributed by atoms with Crippen LogP contribution < -0.4 is 5.73 Å². The standard InChI is InChI=1S/C11H15NO2/c12-11(6-5-8(13)7-11)9-3-1-2-4-10(9)14/h1-4,8,13-14H,5-7,12H2. The number of para-hydroxylation sites is 1. The highest BCUT2D eigenvalue weighted by molar-refractivity contribution is 5.38. The number of nitrogens with two attached hydrogens (primary N) is 1. The van der Waals surface area contributed by atoms with Crippen molar-refractivity contribution in [2.75, 3.05) is 0 Å². The second-order valence-corrected chi connectivity index (χ2v) is 4.07. The molecule has 1 saturated carbocycles. The summed E-state index contributed by atoms with van der Waals surface area (Å²) >= 11 is 0. The van der Waals surface area contributed by atoms with Crippen molar-refractivity contribution in [2.24, 2.45) is 5.73 Å². The summed E-state index contributed by atoms with van der Waals surface area (Å²) in [7, 11) is 0. The van der Waals surface area contributed by atoms with E-state index in [0.29, 0.717) is 12.8 Å². The van der Waals surface area contributed by atoms with E-state index in [1.807, 2.05) is 12.1 Å². The molecule has 1 aromatic rings. The first-order valence-electron chi connectivity index (χ1n) is 4.87. The van der Waals surface area contributed by atoms with Crippen LogP contribution in [0.2, 0.25) is 0 Å². The van der Waals surface area contributed by atoms with Crippen molar-refractivity contribution >= 4 is 0 Å². The van der Waals surface area contributed by atoms with Gasteiger partial charge in [0.1, 0.15) is 5.75 Å². The van der Waals surface area contributed by atoms with Crippen molar-refractivity contribution in [3.63, 3.8) is 0 Å². The molecule has 0 spiro atoms. The van der Waals surface area contributed by atoms with Gasteiger partial charge in [-0.3, -0.25) is 0 Å². The zero-order chi connectivity index (χ0) is 10.2. The Kier molecular flexibility index (Phi) is 2.21. The molecular weight excluding hydrogens is 178 g/mol. The molecule has 1 aliphatic carbocycles. The number of hydrogen-bond acceptors (Lipinski definition) is 3. The van der Waals surface area contributed by atoms with Gasteiger partial charge in [0, 0.05) is 11.1 Å². The number of aliphatic hydroxyl groups is 1. The maximum Gasteiger partial charge on any atom is 0.120 e. The van der Waals surface area contributed by atoms with E-state index in [9.17, 15) is 10.2 Å².